The van der Waals surface area contributed by atoms with E-state index in [1.165, 1.54) is 4.90 Å². The molecule has 108 valence electrons. The Morgan fingerprint density at radius 3 is 2.60 bits per heavy atom. The molecule has 0 aromatic heterocycles. The van der Waals surface area contributed by atoms with Crippen LogP contribution in [0.5, 0.6) is 5.75 Å². The van der Waals surface area contributed by atoms with Crippen LogP contribution in [0, 0.1) is 11.3 Å². The Balaban J connectivity index is 2.48. The van der Waals surface area contributed by atoms with Gasteiger partial charge in [-0.1, -0.05) is 0 Å². The Morgan fingerprint density at radius 1 is 1.35 bits per heavy atom. The number of aliphatic hydroxyl groups excluding tert-OH is 1. The number of hydrogen-bond acceptors (Lipinski definition) is 5. The summed E-state index contributed by atoms with van der Waals surface area (Å²) in [7, 11) is 1.55. The van der Waals surface area contributed by atoms with E-state index in [-0.39, 0.29) is 25.7 Å². The normalized spacial score (nSPS) is 9.85. The van der Waals surface area contributed by atoms with Crippen LogP contribution >= 0.6 is 0 Å². The molecule has 0 radical (unpaired) electrons. The molecule has 1 N–H and O–H groups in total. The molecule has 1 rings (SSSR count). The average Bonchev–Trinajstić information content (AvgIpc) is 2.49. The molecule has 20 heavy (non-hydrogen) atoms. The van der Waals surface area contributed by atoms with Gasteiger partial charge in [0.1, 0.15) is 5.75 Å². The molecule has 1 amide bonds. The zero-order valence-corrected chi connectivity index (χ0v) is 11.4. The number of amides is 1. The summed E-state index contributed by atoms with van der Waals surface area (Å²) in [6.07, 6.45) is 0. The van der Waals surface area contributed by atoms with Crippen molar-refractivity contribution in [2.45, 2.75) is 0 Å². The number of aliphatic hydroxyl groups is 1. The van der Waals surface area contributed by atoms with Crippen LogP contribution in [-0.4, -0.2) is 55.9 Å². The molecule has 0 fully saturated rings. The van der Waals surface area contributed by atoms with Crippen LogP contribution in [0.15, 0.2) is 24.3 Å². The van der Waals surface area contributed by atoms with Crippen molar-refractivity contribution in [2.75, 3.05) is 40.0 Å². The second-order valence-corrected chi connectivity index (χ2v) is 4.02. The average molecular weight is 278 g/mol. The van der Waals surface area contributed by atoms with Crippen LogP contribution in [0.3, 0.4) is 0 Å². The Morgan fingerprint density at radius 2 is 2.05 bits per heavy atom. The lowest BCUT2D eigenvalue weighted by Crippen LogP contribution is -2.39. The molecule has 0 unspecified atom stereocenters. The topological polar surface area (TPSA) is 82.8 Å². The predicted molar refractivity (Wildman–Crippen MR) is 72.2 cm³/mol. The summed E-state index contributed by atoms with van der Waals surface area (Å²) in [6.45, 7) is 0.843. The molecule has 0 aliphatic heterocycles. The number of hydrogen-bond donors (Lipinski definition) is 1. The molecule has 0 saturated carbocycles. The zero-order valence-electron chi connectivity index (χ0n) is 11.4. The molecule has 1 aromatic rings. The van der Waals surface area contributed by atoms with Gasteiger partial charge in [-0.25, -0.2) is 0 Å². The fraction of sp³-hybridized carbons (Fsp3) is 0.429. The van der Waals surface area contributed by atoms with E-state index < -0.39 is 0 Å². The van der Waals surface area contributed by atoms with E-state index in [1.807, 2.05) is 6.07 Å². The van der Waals surface area contributed by atoms with Gasteiger partial charge in [0.2, 0.25) is 0 Å². The molecule has 1 aromatic carbocycles. The van der Waals surface area contributed by atoms with Crippen LogP contribution in [0.25, 0.3) is 0 Å². The molecule has 0 heterocycles. The van der Waals surface area contributed by atoms with E-state index in [1.54, 1.807) is 31.4 Å². The summed E-state index contributed by atoms with van der Waals surface area (Å²) in [5.41, 5.74) is 0.533. The van der Waals surface area contributed by atoms with Gasteiger partial charge in [0.15, 0.2) is 6.61 Å². The maximum absolute atomic E-state index is 11.9. The first-order valence-electron chi connectivity index (χ1n) is 6.21. The van der Waals surface area contributed by atoms with E-state index in [2.05, 4.69) is 0 Å². The van der Waals surface area contributed by atoms with E-state index in [0.29, 0.717) is 24.5 Å². The van der Waals surface area contributed by atoms with Crippen molar-refractivity contribution in [3.63, 3.8) is 0 Å². The van der Waals surface area contributed by atoms with Gasteiger partial charge in [-0.2, -0.15) is 5.26 Å². The van der Waals surface area contributed by atoms with Crippen LogP contribution in [0.1, 0.15) is 5.56 Å². The van der Waals surface area contributed by atoms with E-state index in [9.17, 15) is 4.79 Å². The summed E-state index contributed by atoms with van der Waals surface area (Å²) in [4.78, 5) is 13.4. The summed E-state index contributed by atoms with van der Waals surface area (Å²) in [6, 6.07) is 8.52. The van der Waals surface area contributed by atoms with Crippen molar-refractivity contribution in [3.05, 3.63) is 29.8 Å². The Bertz CT molecular complexity index is 453. The predicted octanol–water partition coefficient (Wildman–Crippen LogP) is 0.404. The first kappa shape index (κ1) is 16.0. The second kappa shape index (κ2) is 8.91. The van der Waals surface area contributed by atoms with E-state index >= 15 is 0 Å². The standard InChI is InChI=1S/C14H18N2O4/c1-19-9-7-16(6-8-17)14(18)11-20-13-4-2-12(10-15)3-5-13/h2-5,17H,6-9,11H2,1H3. The number of carbonyl (C=O) groups excluding carboxylic acids is 1. The van der Waals surface area contributed by atoms with Gasteiger partial charge in [0.25, 0.3) is 5.91 Å². The number of methoxy groups -OCH3 is 1. The minimum absolute atomic E-state index is 0.105. The summed E-state index contributed by atoms with van der Waals surface area (Å²) in [5.74, 6) is 0.300. The molecule has 6 nitrogen and oxygen atoms in total. The SMILES string of the molecule is COCCN(CCO)C(=O)COc1ccc(C#N)cc1. The van der Waals surface area contributed by atoms with Crippen LogP contribution in [0.2, 0.25) is 0 Å². The smallest absolute Gasteiger partial charge is 0.260 e. The quantitative estimate of drug-likeness (QED) is 0.744. The summed E-state index contributed by atoms with van der Waals surface area (Å²) < 4.78 is 10.3. The third kappa shape index (κ3) is 5.26. The third-order valence-electron chi connectivity index (χ3n) is 2.63. The number of carbonyl (C=O) groups is 1. The van der Waals surface area contributed by atoms with Crippen LogP contribution in [-0.2, 0) is 9.53 Å². The lowest BCUT2D eigenvalue weighted by atomic mass is 10.2. The molecule has 0 atom stereocenters. The van der Waals surface area contributed by atoms with Gasteiger partial charge >= 0.3 is 0 Å². The maximum Gasteiger partial charge on any atom is 0.260 e. The van der Waals surface area contributed by atoms with Gasteiger partial charge in [0.05, 0.1) is 24.8 Å². The van der Waals surface area contributed by atoms with Crippen molar-refractivity contribution in [2.24, 2.45) is 0 Å². The van der Waals surface area contributed by atoms with Gasteiger partial charge in [-0.05, 0) is 24.3 Å². The monoisotopic (exact) mass is 278 g/mol. The number of ether oxygens (including phenoxy) is 2. The highest BCUT2D eigenvalue weighted by molar-refractivity contribution is 5.77. The molecule has 0 saturated heterocycles. The van der Waals surface area contributed by atoms with Crippen molar-refractivity contribution in [3.8, 4) is 11.8 Å². The van der Waals surface area contributed by atoms with Crippen LogP contribution in [0.4, 0.5) is 0 Å². The Hall–Kier alpha value is -2.10. The number of nitriles is 1. The third-order valence-corrected chi connectivity index (χ3v) is 2.63. The first-order valence-corrected chi connectivity index (χ1v) is 6.21. The van der Waals surface area contributed by atoms with Crippen molar-refractivity contribution < 1.29 is 19.4 Å². The molecule has 6 heteroatoms. The molecule has 0 bridgehead atoms. The van der Waals surface area contributed by atoms with Crippen LogP contribution < -0.4 is 4.74 Å². The van der Waals surface area contributed by atoms with Crippen molar-refractivity contribution >= 4 is 5.91 Å². The summed E-state index contributed by atoms with van der Waals surface area (Å²) >= 11 is 0. The van der Waals surface area contributed by atoms with Crippen molar-refractivity contribution in [1.29, 1.82) is 5.26 Å². The van der Waals surface area contributed by atoms with E-state index in [4.69, 9.17) is 19.8 Å². The van der Waals surface area contributed by atoms with E-state index in [0.717, 1.165) is 0 Å². The van der Waals surface area contributed by atoms with Gasteiger partial charge in [0, 0.05) is 20.2 Å². The highest BCUT2D eigenvalue weighted by Gasteiger charge is 2.13. The number of rotatable bonds is 8. The lowest BCUT2D eigenvalue weighted by molar-refractivity contribution is -0.134. The van der Waals surface area contributed by atoms with Crippen molar-refractivity contribution in [1.82, 2.24) is 4.90 Å². The summed E-state index contributed by atoms with van der Waals surface area (Å²) in [5, 5.41) is 17.6. The molecule has 0 aliphatic carbocycles. The first-order chi connectivity index (χ1) is 9.71. The fourth-order valence-electron chi connectivity index (χ4n) is 1.55. The fourth-order valence-corrected chi connectivity index (χ4v) is 1.55. The Labute approximate surface area is 118 Å². The van der Waals surface area contributed by atoms with Gasteiger partial charge in [-0.3, -0.25) is 4.79 Å². The number of nitrogens with zero attached hydrogens (tertiary/aromatic N) is 2. The number of benzene rings is 1. The molecule has 0 aliphatic rings. The largest absolute Gasteiger partial charge is 0.484 e. The minimum atomic E-state index is -0.222. The lowest BCUT2D eigenvalue weighted by Gasteiger charge is -2.21. The molecule has 0 spiro atoms. The molecular weight excluding hydrogens is 260 g/mol. The molecular formula is C14H18N2O4. The second-order valence-electron chi connectivity index (χ2n) is 4.02. The minimum Gasteiger partial charge on any atom is -0.484 e. The zero-order chi connectivity index (χ0) is 14.8. The maximum atomic E-state index is 11.9. The Kier molecular flexibility index (Phi) is 7.11. The van der Waals surface area contributed by atoms with Gasteiger partial charge < -0.3 is 19.5 Å². The highest BCUT2D eigenvalue weighted by atomic mass is 16.5. The highest BCUT2D eigenvalue weighted by Crippen LogP contribution is 2.11. The van der Waals surface area contributed by atoms with Gasteiger partial charge in [-0.15, -0.1) is 0 Å².